The first-order chi connectivity index (χ1) is 13.3. The highest BCUT2D eigenvalue weighted by molar-refractivity contribution is 5.31. The summed E-state index contributed by atoms with van der Waals surface area (Å²) in [5.41, 5.74) is 2.40. The number of aromatic nitrogens is 2. The summed E-state index contributed by atoms with van der Waals surface area (Å²) >= 11 is 0. The fourth-order valence-corrected chi connectivity index (χ4v) is 3.88. The van der Waals surface area contributed by atoms with Crippen LogP contribution in [0.1, 0.15) is 24.0 Å². The zero-order valence-electron chi connectivity index (χ0n) is 15.9. The van der Waals surface area contributed by atoms with E-state index < -0.39 is 0 Å². The molecule has 2 aromatic rings. The van der Waals surface area contributed by atoms with E-state index in [1.54, 1.807) is 12.1 Å². The van der Waals surface area contributed by atoms with Gasteiger partial charge in [0.15, 0.2) is 0 Å². The van der Waals surface area contributed by atoms with E-state index in [-0.39, 0.29) is 5.82 Å². The first kappa shape index (κ1) is 18.3. The van der Waals surface area contributed by atoms with Crippen molar-refractivity contribution in [3.8, 4) is 0 Å². The molecule has 0 aliphatic carbocycles. The molecule has 5 nitrogen and oxygen atoms in total. The molecule has 0 N–H and O–H groups in total. The molecule has 2 saturated heterocycles. The molecular formula is C21H28FN5. The topological polar surface area (TPSA) is 35.5 Å². The Kier molecular flexibility index (Phi) is 5.94. The van der Waals surface area contributed by atoms with Crippen LogP contribution in [-0.2, 0) is 13.0 Å². The third-order valence-electron chi connectivity index (χ3n) is 5.58. The molecule has 4 rings (SSSR count). The highest BCUT2D eigenvalue weighted by Crippen LogP contribution is 2.16. The van der Waals surface area contributed by atoms with Crippen LogP contribution in [0.4, 0.5) is 10.3 Å². The molecule has 0 unspecified atom stereocenters. The summed E-state index contributed by atoms with van der Waals surface area (Å²) in [6, 6.07) is 6.86. The number of hydrogen-bond acceptors (Lipinski definition) is 5. The van der Waals surface area contributed by atoms with Crippen LogP contribution in [0.25, 0.3) is 0 Å². The van der Waals surface area contributed by atoms with Crippen molar-refractivity contribution in [3.05, 3.63) is 53.6 Å². The number of benzene rings is 1. The number of nitrogens with zero attached hydrogens (tertiary/aromatic N) is 5. The van der Waals surface area contributed by atoms with E-state index in [2.05, 4.69) is 24.7 Å². The van der Waals surface area contributed by atoms with E-state index in [1.165, 1.54) is 24.0 Å². The van der Waals surface area contributed by atoms with Gasteiger partial charge < -0.3 is 9.80 Å². The molecule has 0 radical (unpaired) electrons. The highest BCUT2D eigenvalue weighted by atomic mass is 19.1. The van der Waals surface area contributed by atoms with E-state index in [1.807, 2.05) is 24.5 Å². The molecule has 2 aliphatic rings. The zero-order chi connectivity index (χ0) is 18.5. The Labute approximate surface area is 160 Å². The number of piperazine rings is 1. The van der Waals surface area contributed by atoms with Crippen LogP contribution >= 0.6 is 0 Å². The molecule has 1 aromatic heterocycles. The molecule has 27 heavy (non-hydrogen) atoms. The lowest BCUT2D eigenvalue weighted by molar-refractivity contribution is 0.128. The quantitative estimate of drug-likeness (QED) is 0.782. The minimum absolute atomic E-state index is 0.162. The predicted molar refractivity (Wildman–Crippen MR) is 105 cm³/mol. The van der Waals surface area contributed by atoms with Crippen LogP contribution in [0.3, 0.4) is 0 Å². The molecule has 2 fully saturated rings. The maximum Gasteiger partial charge on any atom is 0.225 e. The van der Waals surface area contributed by atoms with E-state index >= 15 is 0 Å². The standard InChI is InChI=1S/C21H28FN5/c22-20-5-3-18(4-6-20)7-10-25-11-13-26(14-12-25)17-19-15-23-21(24-16-19)27-8-1-2-9-27/h3-6,15-16H,1-2,7-14,17H2. The Bertz CT molecular complexity index is 704. The van der Waals surface area contributed by atoms with Crippen LogP contribution in [-0.4, -0.2) is 65.6 Å². The van der Waals surface area contributed by atoms with Gasteiger partial charge in [-0.2, -0.15) is 0 Å². The van der Waals surface area contributed by atoms with Crippen molar-refractivity contribution >= 4 is 5.95 Å². The monoisotopic (exact) mass is 369 g/mol. The summed E-state index contributed by atoms with van der Waals surface area (Å²) in [5, 5.41) is 0. The molecule has 6 heteroatoms. The van der Waals surface area contributed by atoms with Gasteiger partial charge in [-0.05, 0) is 37.0 Å². The van der Waals surface area contributed by atoms with E-state index in [4.69, 9.17) is 0 Å². The second kappa shape index (κ2) is 8.76. The summed E-state index contributed by atoms with van der Waals surface area (Å²) in [6.07, 6.45) is 7.45. The Balaban J connectivity index is 1.20. The van der Waals surface area contributed by atoms with Crippen molar-refractivity contribution < 1.29 is 4.39 Å². The second-order valence-corrected chi connectivity index (χ2v) is 7.58. The molecule has 2 aliphatic heterocycles. The summed E-state index contributed by atoms with van der Waals surface area (Å²) in [7, 11) is 0. The highest BCUT2D eigenvalue weighted by Gasteiger charge is 2.18. The average Bonchev–Trinajstić information content (AvgIpc) is 3.24. The van der Waals surface area contributed by atoms with Crippen molar-refractivity contribution in [3.63, 3.8) is 0 Å². The van der Waals surface area contributed by atoms with Gasteiger partial charge in [-0.3, -0.25) is 4.90 Å². The maximum atomic E-state index is 13.0. The van der Waals surface area contributed by atoms with E-state index in [9.17, 15) is 4.39 Å². The lowest BCUT2D eigenvalue weighted by atomic mass is 10.1. The average molecular weight is 369 g/mol. The van der Waals surface area contributed by atoms with Crippen LogP contribution in [0, 0.1) is 5.82 Å². The summed E-state index contributed by atoms with van der Waals surface area (Å²) < 4.78 is 13.0. The molecule has 144 valence electrons. The van der Waals surface area contributed by atoms with Gasteiger partial charge in [-0.1, -0.05) is 12.1 Å². The Morgan fingerprint density at radius 2 is 1.41 bits per heavy atom. The van der Waals surface area contributed by atoms with Gasteiger partial charge in [-0.15, -0.1) is 0 Å². The van der Waals surface area contributed by atoms with Gasteiger partial charge in [0.1, 0.15) is 5.82 Å². The Morgan fingerprint density at radius 1 is 0.778 bits per heavy atom. The Hall–Kier alpha value is -2.05. The van der Waals surface area contributed by atoms with Gasteiger partial charge in [-0.25, -0.2) is 14.4 Å². The predicted octanol–water partition coefficient (Wildman–Crippen LogP) is 2.58. The number of rotatable bonds is 6. The minimum atomic E-state index is -0.162. The van der Waals surface area contributed by atoms with Gasteiger partial charge >= 0.3 is 0 Å². The second-order valence-electron chi connectivity index (χ2n) is 7.58. The molecule has 0 saturated carbocycles. The van der Waals surface area contributed by atoms with Crippen LogP contribution in [0.15, 0.2) is 36.7 Å². The van der Waals surface area contributed by atoms with Crippen LogP contribution in [0.5, 0.6) is 0 Å². The number of halogens is 1. The van der Waals surface area contributed by atoms with Gasteiger partial charge in [0.25, 0.3) is 0 Å². The van der Waals surface area contributed by atoms with Crippen molar-refractivity contribution in [2.24, 2.45) is 0 Å². The summed E-state index contributed by atoms with van der Waals surface area (Å²) in [4.78, 5) is 16.4. The largest absolute Gasteiger partial charge is 0.341 e. The van der Waals surface area contributed by atoms with Crippen molar-refractivity contribution in [1.82, 2.24) is 19.8 Å². The smallest absolute Gasteiger partial charge is 0.225 e. The Morgan fingerprint density at radius 3 is 2.07 bits per heavy atom. The first-order valence-corrected chi connectivity index (χ1v) is 10.0. The lowest BCUT2D eigenvalue weighted by Gasteiger charge is -2.34. The zero-order valence-corrected chi connectivity index (χ0v) is 15.9. The number of hydrogen-bond donors (Lipinski definition) is 0. The fraction of sp³-hybridized carbons (Fsp3) is 0.524. The number of anilines is 1. The molecule has 0 bridgehead atoms. The molecule has 3 heterocycles. The first-order valence-electron chi connectivity index (χ1n) is 10.0. The summed E-state index contributed by atoms with van der Waals surface area (Å²) in [5.74, 6) is 0.715. The van der Waals surface area contributed by atoms with Crippen molar-refractivity contribution in [1.29, 1.82) is 0 Å². The summed E-state index contributed by atoms with van der Waals surface area (Å²) in [6.45, 7) is 8.41. The third-order valence-corrected chi connectivity index (χ3v) is 5.58. The van der Waals surface area contributed by atoms with E-state index in [0.717, 1.165) is 64.7 Å². The van der Waals surface area contributed by atoms with E-state index in [0.29, 0.717) is 0 Å². The minimum Gasteiger partial charge on any atom is -0.341 e. The van der Waals surface area contributed by atoms with Crippen molar-refractivity contribution in [2.75, 3.05) is 50.7 Å². The lowest BCUT2D eigenvalue weighted by Crippen LogP contribution is -2.46. The molecule has 0 atom stereocenters. The van der Waals surface area contributed by atoms with Crippen LogP contribution < -0.4 is 4.90 Å². The van der Waals surface area contributed by atoms with Gasteiger partial charge in [0.2, 0.25) is 5.95 Å². The molecule has 1 aromatic carbocycles. The van der Waals surface area contributed by atoms with Crippen LogP contribution in [0.2, 0.25) is 0 Å². The normalized spacial score (nSPS) is 18.9. The SMILES string of the molecule is Fc1ccc(CCN2CCN(Cc3cnc(N4CCCC4)nc3)CC2)cc1. The maximum absolute atomic E-state index is 13.0. The van der Waals surface area contributed by atoms with Gasteiger partial charge in [0, 0.05) is 70.3 Å². The van der Waals surface area contributed by atoms with Gasteiger partial charge in [0.05, 0.1) is 0 Å². The molecule has 0 spiro atoms. The molecular weight excluding hydrogens is 341 g/mol. The fourth-order valence-electron chi connectivity index (χ4n) is 3.88. The van der Waals surface area contributed by atoms with Crippen molar-refractivity contribution in [2.45, 2.75) is 25.8 Å². The third kappa shape index (κ3) is 5.02. The molecule has 0 amide bonds.